The third kappa shape index (κ3) is 10.7. The van der Waals surface area contributed by atoms with Crippen molar-refractivity contribution in [3.63, 3.8) is 0 Å². The Kier molecular flexibility index (Phi) is 15.3. The van der Waals surface area contributed by atoms with Gasteiger partial charge in [-0.3, -0.25) is 9.59 Å². The molecule has 0 radical (unpaired) electrons. The summed E-state index contributed by atoms with van der Waals surface area (Å²) < 4.78 is 5.53. The van der Waals surface area contributed by atoms with Crippen molar-refractivity contribution in [3.8, 4) is 11.5 Å². The number of methoxy groups -OCH3 is 1. The number of rotatable bonds is 22. The van der Waals surface area contributed by atoms with Crippen LogP contribution in [-0.2, 0) is 22.4 Å². The third-order valence-electron chi connectivity index (χ3n) is 8.93. The number of aliphatic hydroxyl groups is 2. The summed E-state index contributed by atoms with van der Waals surface area (Å²) in [4.78, 5) is 33.4. The Bertz CT molecular complexity index is 1350. The van der Waals surface area contributed by atoms with Crippen LogP contribution in [0.1, 0.15) is 106 Å². The standard InChI is InChI=1S/C37H53N3O6/c1-4-6-8-11-25(12-9-7-5-2)20-32(43)37(45)31(42)15-14-26-19-30(36(44)33(21-26)46-3)35(27-16-18-40-34(38)23-27)28(24-41)22-29-13-10-17-39-29/h10,13,16-19,21,23,25,28,35,37,39,41,44-45H,4-9,11-12,14-15,20,22,24H2,1-3H3,(H2,38,40)/t28-,35-,37+/m0/s1. The van der Waals surface area contributed by atoms with Crippen LogP contribution >= 0.6 is 0 Å². The average Bonchev–Trinajstić information content (AvgIpc) is 3.57. The Balaban J connectivity index is 1.82. The Morgan fingerprint density at radius 3 is 2.33 bits per heavy atom. The molecule has 0 bridgehead atoms. The molecule has 0 saturated carbocycles. The number of nitrogens with two attached hydrogens (primary N) is 1. The largest absolute Gasteiger partial charge is 0.504 e. The number of anilines is 1. The van der Waals surface area contributed by atoms with Crippen LogP contribution in [0.15, 0.2) is 48.8 Å². The number of carbonyl (C=O) groups excluding carboxylic acids is 2. The molecule has 0 aliphatic heterocycles. The number of Topliss-reactive ketones (excluding diaryl/α,β-unsaturated/α-hetero) is 2. The first-order chi connectivity index (χ1) is 22.2. The number of nitrogens with one attached hydrogen (secondary N) is 1. The number of aromatic nitrogens is 2. The summed E-state index contributed by atoms with van der Waals surface area (Å²) in [6.07, 6.45) is 11.0. The second-order valence-corrected chi connectivity index (χ2v) is 12.5. The molecule has 9 heteroatoms. The molecule has 0 fully saturated rings. The van der Waals surface area contributed by atoms with E-state index in [0.29, 0.717) is 23.4 Å². The molecule has 3 rings (SSSR count). The van der Waals surface area contributed by atoms with Crippen molar-refractivity contribution in [2.24, 2.45) is 11.8 Å². The van der Waals surface area contributed by atoms with Crippen LogP contribution in [0.4, 0.5) is 5.82 Å². The van der Waals surface area contributed by atoms with E-state index in [4.69, 9.17) is 10.5 Å². The van der Waals surface area contributed by atoms with Crippen LogP contribution in [0, 0.1) is 11.8 Å². The van der Waals surface area contributed by atoms with E-state index in [1.807, 2.05) is 18.3 Å². The SMILES string of the molecule is CCCCCC(CCCCC)CC(=O)[C@H](O)C(=O)CCc1cc(OC)c(O)c([C@@H](c2ccnc(N)c2)[C@H](CO)Cc2ccc[nH]2)c1. The lowest BCUT2D eigenvalue weighted by molar-refractivity contribution is -0.139. The molecule has 0 spiro atoms. The van der Waals surface area contributed by atoms with Crippen molar-refractivity contribution in [1.82, 2.24) is 9.97 Å². The van der Waals surface area contributed by atoms with E-state index < -0.39 is 23.6 Å². The van der Waals surface area contributed by atoms with Gasteiger partial charge in [0.1, 0.15) is 5.82 Å². The van der Waals surface area contributed by atoms with Gasteiger partial charge < -0.3 is 30.8 Å². The number of ketones is 2. The van der Waals surface area contributed by atoms with Crippen molar-refractivity contribution in [3.05, 3.63) is 71.2 Å². The highest BCUT2D eigenvalue weighted by Gasteiger charge is 2.30. The number of unbranched alkanes of at least 4 members (excludes halogenated alkanes) is 4. The highest BCUT2D eigenvalue weighted by molar-refractivity contribution is 6.05. The normalized spacial score (nSPS) is 13.4. The van der Waals surface area contributed by atoms with Crippen LogP contribution in [0.5, 0.6) is 11.5 Å². The van der Waals surface area contributed by atoms with Crippen molar-refractivity contribution in [2.45, 2.75) is 103 Å². The molecule has 0 unspecified atom stereocenters. The number of hydrogen-bond acceptors (Lipinski definition) is 8. The summed E-state index contributed by atoms with van der Waals surface area (Å²) in [6.45, 7) is 4.12. The Hall–Kier alpha value is -3.69. The highest BCUT2D eigenvalue weighted by atomic mass is 16.5. The van der Waals surface area contributed by atoms with Gasteiger partial charge in [0.15, 0.2) is 29.2 Å². The number of nitrogens with zero attached hydrogens (tertiary/aromatic N) is 1. The lowest BCUT2D eigenvalue weighted by Crippen LogP contribution is -2.31. The minimum atomic E-state index is -1.65. The fourth-order valence-corrected chi connectivity index (χ4v) is 6.35. The zero-order chi connectivity index (χ0) is 33.5. The van der Waals surface area contributed by atoms with Crippen LogP contribution in [-0.4, -0.2) is 56.7 Å². The first-order valence-corrected chi connectivity index (χ1v) is 16.8. The topological polar surface area (TPSA) is 159 Å². The molecule has 46 heavy (non-hydrogen) atoms. The van der Waals surface area contributed by atoms with Gasteiger partial charge >= 0.3 is 0 Å². The number of carbonyl (C=O) groups is 2. The molecular formula is C37H53N3O6. The van der Waals surface area contributed by atoms with Crippen LogP contribution in [0.3, 0.4) is 0 Å². The molecule has 0 aliphatic carbocycles. The van der Waals surface area contributed by atoms with Gasteiger partial charge in [-0.15, -0.1) is 0 Å². The van der Waals surface area contributed by atoms with E-state index in [-0.39, 0.29) is 49.2 Å². The summed E-state index contributed by atoms with van der Waals surface area (Å²) in [5.74, 6) is -1.12. The molecule has 252 valence electrons. The molecule has 9 nitrogen and oxygen atoms in total. The number of H-pyrrole nitrogens is 1. The fraction of sp³-hybridized carbons (Fsp3) is 0.541. The predicted molar refractivity (Wildman–Crippen MR) is 181 cm³/mol. The number of benzene rings is 1. The second kappa shape index (κ2) is 19.1. The van der Waals surface area contributed by atoms with Gasteiger partial charge in [-0.1, -0.05) is 71.3 Å². The summed E-state index contributed by atoms with van der Waals surface area (Å²) in [5, 5.41) is 32.7. The number of phenols is 1. The number of pyridine rings is 1. The molecule has 0 aliphatic rings. The molecule has 6 N–H and O–H groups in total. The quantitative estimate of drug-likeness (QED) is 0.0637. The first-order valence-electron chi connectivity index (χ1n) is 16.8. The van der Waals surface area contributed by atoms with E-state index in [1.54, 1.807) is 30.5 Å². The highest BCUT2D eigenvalue weighted by Crippen LogP contribution is 2.43. The van der Waals surface area contributed by atoms with Crippen LogP contribution in [0.2, 0.25) is 0 Å². The number of aromatic hydroxyl groups is 1. The molecule has 2 aromatic heterocycles. The van der Waals surface area contributed by atoms with Gasteiger partial charge in [0.2, 0.25) is 0 Å². The molecule has 3 aromatic rings. The molecule has 1 aromatic carbocycles. The monoisotopic (exact) mass is 635 g/mol. The van der Waals surface area contributed by atoms with Gasteiger partial charge in [0, 0.05) is 49.0 Å². The number of nitrogen functional groups attached to an aromatic ring is 1. The molecule has 0 amide bonds. The van der Waals surface area contributed by atoms with Crippen molar-refractivity contribution < 1.29 is 29.6 Å². The summed E-state index contributed by atoms with van der Waals surface area (Å²) in [5.41, 5.74) is 8.94. The van der Waals surface area contributed by atoms with E-state index in [1.165, 1.54) is 7.11 Å². The maximum atomic E-state index is 13.1. The van der Waals surface area contributed by atoms with Gasteiger partial charge in [-0.05, 0) is 66.1 Å². The number of aromatic amines is 1. The number of ether oxygens (including phenoxy) is 1. The maximum absolute atomic E-state index is 13.1. The summed E-state index contributed by atoms with van der Waals surface area (Å²) >= 11 is 0. The Morgan fingerprint density at radius 1 is 1.02 bits per heavy atom. The Labute approximate surface area is 273 Å². The molecular weight excluding hydrogens is 582 g/mol. The average molecular weight is 636 g/mol. The van der Waals surface area contributed by atoms with Crippen molar-refractivity contribution in [1.29, 1.82) is 0 Å². The minimum absolute atomic E-state index is 0.0462. The smallest absolute Gasteiger partial charge is 0.170 e. The van der Waals surface area contributed by atoms with Gasteiger partial charge in [0.05, 0.1) is 7.11 Å². The fourth-order valence-electron chi connectivity index (χ4n) is 6.35. The second-order valence-electron chi connectivity index (χ2n) is 12.5. The van der Waals surface area contributed by atoms with Crippen LogP contribution in [0.25, 0.3) is 0 Å². The molecule has 2 heterocycles. The van der Waals surface area contributed by atoms with E-state index in [0.717, 1.165) is 62.6 Å². The lowest BCUT2D eigenvalue weighted by atomic mass is 9.78. The van der Waals surface area contributed by atoms with Gasteiger partial charge in [-0.2, -0.15) is 0 Å². The zero-order valence-corrected chi connectivity index (χ0v) is 27.7. The van der Waals surface area contributed by atoms with E-state index in [9.17, 15) is 24.9 Å². The maximum Gasteiger partial charge on any atom is 0.170 e. The Morgan fingerprint density at radius 2 is 1.74 bits per heavy atom. The number of aliphatic hydroxyl groups excluding tert-OH is 2. The number of phenolic OH excluding ortho intramolecular Hbond substituents is 1. The molecule has 3 atom stereocenters. The van der Waals surface area contributed by atoms with Gasteiger partial charge in [0.25, 0.3) is 0 Å². The number of aryl methyl sites for hydroxylation is 1. The van der Waals surface area contributed by atoms with Crippen molar-refractivity contribution >= 4 is 17.4 Å². The molecule has 0 saturated heterocycles. The summed E-state index contributed by atoms with van der Waals surface area (Å²) in [7, 11) is 1.45. The zero-order valence-electron chi connectivity index (χ0n) is 27.7. The minimum Gasteiger partial charge on any atom is -0.504 e. The lowest BCUT2D eigenvalue weighted by Gasteiger charge is -2.28. The predicted octanol–water partition coefficient (Wildman–Crippen LogP) is 6.29. The van der Waals surface area contributed by atoms with Crippen molar-refractivity contribution in [2.75, 3.05) is 19.5 Å². The first kappa shape index (κ1) is 36.8. The number of hydrogen-bond donors (Lipinski definition) is 5. The third-order valence-corrected chi connectivity index (χ3v) is 8.93. The summed E-state index contributed by atoms with van der Waals surface area (Å²) in [6, 6.07) is 10.8. The van der Waals surface area contributed by atoms with E-state index >= 15 is 0 Å². The van der Waals surface area contributed by atoms with Gasteiger partial charge in [-0.25, -0.2) is 4.98 Å². The van der Waals surface area contributed by atoms with Crippen LogP contribution < -0.4 is 10.5 Å². The van der Waals surface area contributed by atoms with E-state index in [2.05, 4.69) is 23.8 Å².